The average molecular weight is 554 g/mol. The van der Waals surface area contributed by atoms with Crippen LogP contribution in [-0.4, -0.2) is 45.4 Å². The van der Waals surface area contributed by atoms with Crippen LogP contribution in [0.4, 0.5) is 11.4 Å². The number of anilines is 2. The molecule has 0 radical (unpaired) electrons. The van der Waals surface area contributed by atoms with E-state index >= 15 is 0 Å². The highest BCUT2D eigenvalue weighted by Gasteiger charge is 2.26. The van der Waals surface area contributed by atoms with Gasteiger partial charge in [0.2, 0.25) is 10.0 Å². The van der Waals surface area contributed by atoms with Gasteiger partial charge in [0, 0.05) is 43.0 Å². The first kappa shape index (κ1) is 28.0. The second-order valence-electron chi connectivity index (χ2n) is 8.22. The molecule has 0 aliphatic rings. The summed E-state index contributed by atoms with van der Waals surface area (Å²) >= 11 is 12.8. The second-order valence-corrected chi connectivity index (χ2v) is 10.9. The van der Waals surface area contributed by atoms with E-state index in [2.05, 4.69) is 33.9 Å². The number of aromatic nitrogens is 1. The smallest absolute Gasteiger partial charge is 0.261 e. The van der Waals surface area contributed by atoms with Crippen LogP contribution in [0.1, 0.15) is 42.8 Å². The van der Waals surface area contributed by atoms with Gasteiger partial charge < -0.3 is 14.7 Å². The Hall–Kier alpha value is -2.59. The molecule has 2 N–H and O–H groups in total. The van der Waals surface area contributed by atoms with Crippen LogP contribution < -0.4 is 14.9 Å². The van der Waals surface area contributed by atoms with Crippen molar-refractivity contribution in [1.82, 2.24) is 9.88 Å². The van der Waals surface area contributed by atoms with Crippen LogP contribution >= 0.6 is 23.2 Å². The fraction of sp³-hybridized carbons (Fsp3) is 0.360. The van der Waals surface area contributed by atoms with Crippen molar-refractivity contribution in [3.05, 3.63) is 63.8 Å². The standard InChI is InChI=1S/C25H30Cl2N4O4S/c1-4-31(5-2)18-14-12-17(13-15-18)29-25(32)23-21(11-6-7-16-28-36(3,33)34)35-30-24(23)22-19(26)9-8-10-20(22)27/h8-10,12-15,28H,4-7,11,16H2,1-3H3,(H,29,32). The first-order valence-electron chi connectivity index (χ1n) is 11.7. The average Bonchev–Trinajstić information content (AvgIpc) is 3.23. The van der Waals surface area contributed by atoms with Gasteiger partial charge in [0.1, 0.15) is 17.0 Å². The molecule has 194 valence electrons. The lowest BCUT2D eigenvalue weighted by Crippen LogP contribution is -2.23. The SMILES string of the molecule is CCN(CC)c1ccc(NC(=O)c2c(-c3c(Cl)cccc3Cl)noc2CCCCNS(C)(=O)=O)cc1. The number of aryl methyl sites for hydroxylation is 1. The Kier molecular flexibility index (Phi) is 9.78. The summed E-state index contributed by atoms with van der Waals surface area (Å²) in [6, 6.07) is 12.6. The number of nitrogens with zero attached hydrogens (tertiary/aromatic N) is 2. The van der Waals surface area contributed by atoms with E-state index in [1.165, 1.54) is 0 Å². The van der Waals surface area contributed by atoms with Gasteiger partial charge in [-0.05, 0) is 63.1 Å². The minimum atomic E-state index is -3.26. The van der Waals surface area contributed by atoms with Gasteiger partial charge in [0.05, 0.1) is 16.3 Å². The van der Waals surface area contributed by atoms with E-state index in [0.29, 0.717) is 46.3 Å². The molecule has 0 spiro atoms. The number of benzene rings is 2. The highest BCUT2D eigenvalue weighted by atomic mass is 35.5. The summed E-state index contributed by atoms with van der Waals surface area (Å²) in [6.45, 7) is 6.23. The zero-order valence-electron chi connectivity index (χ0n) is 20.5. The first-order chi connectivity index (χ1) is 17.1. The summed E-state index contributed by atoms with van der Waals surface area (Å²) < 4.78 is 30.6. The molecule has 1 amide bonds. The van der Waals surface area contributed by atoms with Gasteiger partial charge in [-0.3, -0.25) is 4.79 Å². The maximum absolute atomic E-state index is 13.5. The molecule has 3 rings (SSSR count). The summed E-state index contributed by atoms with van der Waals surface area (Å²) in [7, 11) is -3.26. The van der Waals surface area contributed by atoms with Crippen molar-refractivity contribution in [3.63, 3.8) is 0 Å². The number of amides is 1. The number of carbonyl (C=O) groups excluding carboxylic acids is 1. The molecule has 36 heavy (non-hydrogen) atoms. The molecule has 0 aliphatic carbocycles. The minimum absolute atomic E-state index is 0.244. The van der Waals surface area contributed by atoms with Crippen molar-refractivity contribution < 1.29 is 17.7 Å². The predicted octanol–water partition coefficient (Wildman–Crippen LogP) is 5.62. The summed E-state index contributed by atoms with van der Waals surface area (Å²) in [6.07, 6.45) is 2.63. The van der Waals surface area contributed by atoms with Crippen LogP contribution in [0.25, 0.3) is 11.3 Å². The molecule has 8 nitrogen and oxygen atoms in total. The van der Waals surface area contributed by atoms with Crippen molar-refractivity contribution in [2.75, 3.05) is 36.1 Å². The zero-order chi connectivity index (χ0) is 26.3. The molecule has 1 aromatic heterocycles. The largest absolute Gasteiger partial charge is 0.372 e. The number of hydrogen-bond donors (Lipinski definition) is 2. The normalized spacial score (nSPS) is 11.5. The van der Waals surface area contributed by atoms with Gasteiger partial charge in [-0.15, -0.1) is 0 Å². The topological polar surface area (TPSA) is 105 Å². The number of carbonyl (C=O) groups is 1. The van der Waals surface area contributed by atoms with Crippen molar-refractivity contribution >= 4 is 50.5 Å². The van der Waals surface area contributed by atoms with E-state index in [0.717, 1.165) is 25.0 Å². The molecule has 1 heterocycles. The lowest BCUT2D eigenvalue weighted by Gasteiger charge is -2.21. The molecule has 0 saturated carbocycles. The van der Waals surface area contributed by atoms with Crippen molar-refractivity contribution in [2.45, 2.75) is 33.1 Å². The predicted molar refractivity (Wildman–Crippen MR) is 146 cm³/mol. The van der Waals surface area contributed by atoms with Crippen molar-refractivity contribution in [2.24, 2.45) is 0 Å². The third kappa shape index (κ3) is 7.22. The number of halogens is 2. The number of nitrogens with one attached hydrogen (secondary N) is 2. The van der Waals surface area contributed by atoms with E-state index in [-0.39, 0.29) is 17.8 Å². The molecule has 2 aromatic carbocycles. The Labute approximate surface area is 222 Å². The Balaban J connectivity index is 1.87. The number of rotatable bonds is 12. The lowest BCUT2D eigenvalue weighted by atomic mass is 10.0. The van der Waals surface area contributed by atoms with Crippen molar-refractivity contribution in [1.29, 1.82) is 0 Å². The fourth-order valence-electron chi connectivity index (χ4n) is 3.83. The molecule has 3 aromatic rings. The Morgan fingerprint density at radius 2 is 1.67 bits per heavy atom. The summed E-state index contributed by atoms with van der Waals surface area (Å²) in [5.41, 5.74) is 2.60. The van der Waals surface area contributed by atoms with Crippen LogP contribution in [0.3, 0.4) is 0 Å². The molecule has 0 fully saturated rings. The van der Waals surface area contributed by atoms with Gasteiger partial charge in [-0.2, -0.15) is 0 Å². The zero-order valence-corrected chi connectivity index (χ0v) is 22.8. The Bertz CT molecular complexity index is 1270. The van der Waals surface area contributed by atoms with Gasteiger partial charge >= 0.3 is 0 Å². The van der Waals surface area contributed by atoms with Gasteiger partial charge in [0.15, 0.2) is 0 Å². The Morgan fingerprint density at radius 1 is 1.03 bits per heavy atom. The highest BCUT2D eigenvalue weighted by molar-refractivity contribution is 7.88. The number of unbranched alkanes of at least 4 members (excludes halogenated alkanes) is 1. The van der Waals surface area contributed by atoms with Crippen LogP contribution in [0.15, 0.2) is 47.0 Å². The summed E-state index contributed by atoms with van der Waals surface area (Å²) in [4.78, 5) is 15.7. The molecular weight excluding hydrogens is 523 g/mol. The molecule has 11 heteroatoms. The maximum atomic E-state index is 13.5. The Morgan fingerprint density at radius 3 is 2.25 bits per heavy atom. The third-order valence-electron chi connectivity index (χ3n) is 5.64. The summed E-state index contributed by atoms with van der Waals surface area (Å²) in [5.74, 6) is -0.0281. The molecule has 0 saturated heterocycles. The molecular formula is C25H30Cl2N4O4S. The maximum Gasteiger partial charge on any atom is 0.261 e. The molecule has 0 bridgehead atoms. The summed E-state index contributed by atoms with van der Waals surface area (Å²) in [5, 5.41) is 7.76. The van der Waals surface area contributed by atoms with Gasteiger partial charge in [-0.1, -0.05) is 34.4 Å². The number of hydrogen-bond acceptors (Lipinski definition) is 6. The molecule has 0 atom stereocenters. The van der Waals surface area contributed by atoms with E-state index in [1.807, 2.05) is 24.3 Å². The van der Waals surface area contributed by atoms with E-state index in [9.17, 15) is 13.2 Å². The van der Waals surface area contributed by atoms with Gasteiger partial charge in [0.25, 0.3) is 5.91 Å². The molecule has 0 unspecified atom stereocenters. The number of sulfonamides is 1. The van der Waals surface area contributed by atoms with Crippen LogP contribution in [0, 0.1) is 0 Å². The van der Waals surface area contributed by atoms with Crippen LogP contribution in [0.2, 0.25) is 10.0 Å². The van der Waals surface area contributed by atoms with Crippen LogP contribution in [-0.2, 0) is 16.4 Å². The minimum Gasteiger partial charge on any atom is -0.372 e. The highest BCUT2D eigenvalue weighted by Crippen LogP contribution is 2.37. The van der Waals surface area contributed by atoms with E-state index in [4.69, 9.17) is 27.7 Å². The lowest BCUT2D eigenvalue weighted by molar-refractivity contribution is 0.102. The first-order valence-corrected chi connectivity index (χ1v) is 14.3. The molecule has 0 aliphatic heterocycles. The second kappa shape index (κ2) is 12.6. The van der Waals surface area contributed by atoms with E-state index < -0.39 is 15.9 Å². The monoisotopic (exact) mass is 552 g/mol. The van der Waals surface area contributed by atoms with Crippen LogP contribution in [0.5, 0.6) is 0 Å². The quantitative estimate of drug-likeness (QED) is 0.282. The van der Waals surface area contributed by atoms with E-state index in [1.54, 1.807) is 18.2 Å². The van der Waals surface area contributed by atoms with Gasteiger partial charge in [-0.25, -0.2) is 13.1 Å². The third-order valence-corrected chi connectivity index (χ3v) is 7.00. The fourth-order valence-corrected chi connectivity index (χ4v) is 4.92. The van der Waals surface area contributed by atoms with Crippen molar-refractivity contribution in [3.8, 4) is 11.3 Å².